The van der Waals surface area contributed by atoms with Gasteiger partial charge in [0.25, 0.3) is 0 Å². The fourth-order valence-corrected chi connectivity index (χ4v) is 2.56. The Balaban J connectivity index is 2.58. The molecule has 0 amide bonds. The smallest absolute Gasteiger partial charge is 0.0701 e. The minimum atomic E-state index is 0.769. The molecule has 0 aliphatic carbocycles. The van der Waals surface area contributed by atoms with Crippen molar-refractivity contribution in [1.29, 1.82) is 0 Å². The van der Waals surface area contributed by atoms with Crippen molar-refractivity contribution in [3.05, 3.63) is 20.8 Å². The molecule has 1 aromatic rings. The molecule has 0 atom stereocenters. The highest BCUT2D eigenvalue weighted by Gasteiger charge is 1.99. The van der Waals surface area contributed by atoms with Gasteiger partial charge < -0.3 is 0 Å². The van der Waals surface area contributed by atoms with Crippen molar-refractivity contribution in [2.45, 2.75) is 20.3 Å². The highest BCUT2D eigenvalue weighted by molar-refractivity contribution is 9.11. The van der Waals surface area contributed by atoms with Gasteiger partial charge in [0.2, 0.25) is 0 Å². The summed E-state index contributed by atoms with van der Waals surface area (Å²) >= 11 is 5.27. The van der Waals surface area contributed by atoms with Crippen molar-refractivity contribution in [1.82, 2.24) is 0 Å². The average molecular weight is 219 g/mol. The van der Waals surface area contributed by atoms with Crippen molar-refractivity contribution in [3.63, 3.8) is 0 Å². The zero-order valence-corrected chi connectivity index (χ0v) is 8.63. The predicted molar refractivity (Wildman–Crippen MR) is 50.6 cm³/mol. The van der Waals surface area contributed by atoms with Crippen LogP contribution in [0.15, 0.2) is 15.9 Å². The largest absolute Gasteiger partial charge is 0.133 e. The van der Waals surface area contributed by atoms with E-state index in [9.17, 15) is 0 Å². The fourth-order valence-electron chi connectivity index (χ4n) is 0.864. The molecule has 0 unspecified atom stereocenters. The molecule has 0 nitrogen and oxygen atoms in total. The number of rotatable bonds is 2. The van der Waals surface area contributed by atoms with Crippen LogP contribution in [0.3, 0.4) is 0 Å². The second-order valence-electron chi connectivity index (χ2n) is 2.80. The van der Waals surface area contributed by atoms with E-state index < -0.39 is 0 Å². The quantitative estimate of drug-likeness (QED) is 0.711. The van der Waals surface area contributed by atoms with Crippen molar-refractivity contribution >= 4 is 27.3 Å². The van der Waals surface area contributed by atoms with E-state index in [1.807, 2.05) is 11.3 Å². The Bertz CT molecular complexity index is 203. The van der Waals surface area contributed by atoms with Crippen LogP contribution in [0, 0.1) is 5.92 Å². The number of hydrogen-bond donors (Lipinski definition) is 0. The summed E-state index contributed by atoms with van der Waals surface area (Å²) in [6, 6.07) is 4.30. The van der Waals surface area contributed by atoms with Crippen LogP contribution < -0.4 is 0 Å². The molecular weight excluding hydrogens is 208 g/mol. The number of thiophene rings is 1. The molecule has 10 heavy (non-hydrogen) atoms. The zero-order chi connectivity index (χ0) is 7.56. The molecule has 0 aliphatic heterocycles. The molecule has 0 saturated heterocycles. The Labute approximate surface area is 74.4 Å². The van der Waals surface area contributed by atoms with Gasteiger partial charge in [-0.3, -0.25) is 0 Å². The normalized spacial score (nSPS) is 10.8. The first kappa shape index (κ1) is 8.28. The lowest BCUT2D eigenvalue weighted by Gasteiger charge is -1.98. The standard InChI is InChI=1S/C8H11BrS/c1-6(2)5-7-3-4-8(9)10-7/h3-4,6H,5H2,1-2H3. The molecule has 1 rings (SSSR count). The SMILES string of the molecule is CC(C)Cc1ccc(Br)s1. The third-order valence-corrected chi connectivity index (χ3v) is 2.88. The van der Waals surface area contributed by atoms with E-state index in [2.05, 4.69) is 41.9 Å². The molecule has 0 bridgehead atoms. The van der Waals surface area contributed by atoms with Crippen LogP contribution in [0.1, 0.15) is 18.7 Å². The molecule has 2 heteroatoms. The molecular formula is C8H11BrS. The van der Waals surface area contributed by atoms with Gasteiger partial charge in [-0.15, -0.1) is 11.3 Å². The lowest BCUT2D eigenvalue weighted by molar-refractivity contribution is 0.654. The van der Waals surface area contributed by atoms with Gasteiger partial charge in [0.05, 0.1) is 3.79 Å². The minimum absolute atomic E-state index is 0.769. The van der Waals surface area contributed by atoms with E-state index in [4.69, 9.17) is 0 Å². The maximum Gasteiger partial charge on any atom is 0.0701 e. The van der Waals surface area contributed by atoms with E-state index in [1.54, 1.807) is 0 Å². The van der Waals surface area contributed by atoms with Gasteiger partial charge in [-0.1, -0.05) is 13.8 Å². The highest BCUT2D eigenvalue weighted by Crippen LogP contribution is 2.23. The summed E-state index contributed by atoms with van der Waals surface area (Å²) in [5.74, 6) is 0.769. The van der Waals surface area contributed by atoms with E-state index >= 15 is 0 Å². The van der Waals surface area contributed by atoms with E-state index in [-0.39, 0.29) is 0 Å². The Morgan fingerprint density at radius 1 is 1.50 bits per heavy atom. The summed E-state index contributed by atoms with van der Waals surface area (Å²) in [6.07, 6.45) is 1.20. The number of halogens is 1. The minimum Gasteiger partial charge on any atom is -0.133 e. The summed E-state index contributed by atoms with van der Waals surface area (Å²) in [6.45, 7) is 4.49. The predicted octanol–water partition coefficient (Wildman–Crippen LogP) is 3.71. The molecule has 0 saturated carbocycles. The summed E-state index contributed by atoms with van der Waals surface area (Å²) < 4.78 is 1.24. The van der Waals surface area contributed by atoms with Crippen molar-refractivity contribution in [2.24, 2.45) is 5.92 Å². The maximum atomic E-state index is 3.44. The van der Waals surface area contributed by atoms with E-state index in [0.717, 1.165) is 5.92 Å². The third kappa shape index (κ3) is 2.43. The van der Waals surface area contributed by atoms with Crippen LogP contribution in [0.2, 0.25) is 0 Å². The first-order valence-corrected chi connectivity index (χ1v) is 5.03. The summed E-state index contributed by atoms with van der Waals surface area (Å²) in [5, 5.41) is 0. The van der Waals surface area contributed by atoms with Gasteiger partial charge in [0.15, 0.2) is 0 Å². The van der Waals surface area contributed by atoms with Gasteiger partial charge >= 0.3 is 0 Å². The average Bonchev–Trinajstić information content (AvgIpc) is 2.13. The third-order valence-electron chi connectivity index (χ3n) is 1.24. The first-order chi connectivity index (χ1) is 4.68. The van der Waals surface area contributed by atoms with Crippen molar-refractivity contribution in [2.75, 3.05) is 0 Å². The summed E-state index contributed by atoms with van der Waals surface area (Å²) in [5.41, 5.74) is 0. The Hall–Kier alpha value is 0.180. The topological polar surface area (TPSA) is 0 Å². The second-order valence-corrected chi connectivity index (χ2v) is 5.35. The van der Waals surface area contributed by atoms with Gasteiger partial charge in [-0.25, -0.2) is 0 Å². The fraction of sp³-hybridized carbons (Fsp3) is 0.500. The van der Waals surface area contributed by atoms with E-state index in [1.165, 1.54) is 15.1 Å². The van der Waals surface area contributed by atoms with Crippen LogP contribution in [0.25, 0.3) is 0 Å². The highest BCUT2D eigenvalue weighted by atomic mass is 79.9. The molecule has 0 N–H and O–H groups in total. The molecule has 0 radical (unpaired) electrons. The van der Waals surface area contributed by atoms with E-state index in [0.29, 0.717) is 0 Å². The lowest BCUT2D eigenvalue weighted by Crippen LogP contribution is -1.89. The van der Waals surface area contributed by atoms with Crippen LogP contribution in [-0.4, -0.2) is 0 Å². The van der Waals surface area contributed by atoms with Gasteiger partial charge in [0.1, 0.15) is 0 Å². The molecule has 0 fully saturated rings. The van der Waals surface area contributed by atoms with Crippen LogP contribution in [0.5, 0.6) is 0 Å². The van der Waals surface area contributed by atoms with Gasteiger partial charge in [-0.05, 0) is 40.4 Å². The zero-order valence-electron chi connectivity index (χ0n) is 6.23. The molecule has 1 heterocycles. The van der Waals surface area contributed by atoms with Crippen LogP contribution in [-0.2, 0) is 6.42 Å². The maximum absolute atomic E-state index is 3.44. The molecule has 0 aliphatic rings. The van der Waals surface area contributed by atoms with Crippen LogP contribution >= 0.6 is 27.3 Å². The summed E-state index contributed by atoms with van der Waals surface area (Å²) in [4.78, 5) is 1.47. The Morgan fingerprint density at radius 2 is 2.20 bits per heavy atom. The Morgan fingerprint density at radius 3 is 2.60 bits per heavy atom. The Kier molecular flexibility index (Phi) is 2.93. The first-order valence-electron chi connectivity index (χ1n) is 3.42. The monoisotopic (exact) mass is 218 g/mol. The summed E-state index contributed by atoms with van der Waals surface area (Å²) in [7, 11) is 0. The molecule has 0 spiro atoms. The lowest BCUT2D eigenvalue weighted by atomic mass is 10.1. The molecule has 1 aromatic heterocycles. The van der Waals surface area contributed by atoms with Gasteiger partial charge in [0, 0.05) is 4.88 Å². The second kappa shape index (κ2) is 3.54. The molecule has 56 valence electrons. The van der Waals surface area contributed by atoms with Crippen molar-refractivity contribution < 1.29 is 0 Å². The molecule has 0 aromatic carbocycles. The number of hydrogen-bond acceptors (Lipinski definition) is 1. The van der Waals surface area contributed by atoms with Gasteiger partial charge in [-0.2, -0.15) is 0 Å². The van der Waals surface area contributed by atoms with Crippen molar-refractivity contribution in [3.8, 4) is 0 Å². The van der Waals surface area contributed by atoms with Crippen LogP contribution in [0.4, 0.5) is 0 Å².